The number of amides is 1. The first-order chi connectivity index (χ1) is 12.3. The maximum Gasteiger partial charge on any atom is 0.276 e. The third-order valence-corrected chi connectivity index (χ3v) is 4.78. The molecule has 2 aliphatic rings. The second kappa shape index (κ2) is 7.27. The molecule has 1 aliphatic carbocycles. The van der Waals surface area contributed by atoms with Crippen molar-refractivity contribution in [1.82, 2.24) is 15.1 Å². The van der Waals surface area contributed by atoms with Gasteiger partial charge in [0.2, 0.25) is 0 Å². The quantitative estimate of drug-likeness (QED) is 0.848. The zero-order valence-electron chi connectivity index (χ0n) is 14.3. The summed E-state index contributed by atoms with van der Waals surface area (Å²) >= 11 is 0. The molecule has 6 nitrogen and oxygen atoms in total. The topological polar surface area (TPSA) is 68.2 Å². The van der Waals surface area contributed by atoms with Gasteiger partial charge in [-0.2, -0.15) is 5.10 Å². The predicted molar refractivity (Wildman–Crippen MR) is 96.0 cm³/mol. The highest BCUT2D eigenvalue weighted by atomic mass is 16.5. The first-order valence-electron chi connectivity index (χ1n) is 9.08. The maximum absolute atomic E-state index is 12.4. The molecular formula is C19H24N4O2. The van der Waals surface area contributed by atoms with Crippen LogP contribution in [0.2, 0.25) is 0 Å². The largest absolute Gasteiger partial charge is 0.493 e. The van der Waals surface area contributed by atoms with Crippen LogP contribution in [-0.4, -0.2) is 35.4 Å². The molecule has 132 valence electrons. The van der Waals surface area contributed by atoms with E-state index in [2.05, 4.69) is 15.7 Å². The molecule has 1 aromatic carbocycles. The Balaban J connectivity index is 1.33. The van der Waals surface area contributed by atoms with E-state index in [1.54, 1.807) is 6.07 Å². The molecule has 6 heteroatoms. The lowest BCUT2D eigenvalue weighted by molar-refractivity contribution is 0.102. The number of benzene rings is 1. The number of hydrogen-bond acceptors (Lipinski definition) is 4. The SMILES string of the molecule is O=C(Nc1ccc(OCC2CC2)cc1)c1ccn(C2CCCNC2)n1. The molecule has 2 heterocycles. The van der Waals surface area contributed by atoms with E-state index in [1.165, 1.54) is 12.8 Å². The van der Waals surface area contributed by atoms with Crippen molar-refractivity contribution in [1.29, 1.82) is 0 Å². The van der Waals surface area contributed by atoms with Gasteiger partial charge in [-0.05, 0) is 68.5 Å². The summed E-state index contributed by atoms with van der Waals surface area (Å²) in [4.78, 5) is 12.4. The molecule has 0 bridgehead atoms. The van der Waals surface area contributed by atoms with E-state index in [0.29, 0.717) is 11.7 Å². The van der Waals surface area contributed by atoms with Gasteiger partial charge in [-0.25, -0.2) is 0 Å². The Labute approximate surface area is 147 Å². The fraction of sp³-hybridized carbons (Fsp3) is 0.474. The molecule has 1 aromatic heterocycles. The van der Waals surface area contributed by atoms with Gasteiger partial charge < -0.3 is 15.4 Å². The number of nitrogens with zero attached hydrogens (tertiary/aromatic N) is 2. The van der Waals surface area contributed by atoms with Crippen molar-refractivity contribution in [2.45, 2.75) is 31.7 Å². The number of aromatic nitrogens is 2. The van der Waals surface area contributed by atoms with Crippen molar-refractivity contribution in [3.63, 3.8) is 0 Å². The molecule has 1 saturated heterocycles. The van der Waals surface area contributed by atoms with Gasteiger partial charge in [0.15, 0.2) is 5.69 Å². The number of ether oxygens (including phenoxy) is 1. The standard InChI is InChI=1S/C19H24N4O2/c24-19(18-9-11-23(22-18)16-2-1-10-20-12-16)21-15-5-7-17(8-6-15)25-13-14-3-4-14/h5-9,11,14,16,20H,1-4,10,12-13H2,(H,21,24). The van der Waals surface area contributed by atoms with Crippen LogP contribution in [0.5, 0.6) is 5.75 Å². The van der Waals surface area contributed by atoms with Crippen LogP contribution >= 0.6 is 0 Å². The zero-order chi connectivity index (χ0) is 17.1. The van der Waals surface area contributed by atoms with Gasteiger partial charge in [0.05, 0.1) is 12.6 Å². The van der Waals surface area contributed by atoms with Gasteiger partial charge in [-0.1, -0.05) is 0 Å². The Morgan fingerprint density at radius 1 is 1.24 bits per heavy atom. The highest BCUT2D eigenvalue weighted by Crippen LogP contribution is 2.29. The van der Waals surface area contributed by atoms with Crippen molar-refractivity contribution >= 4 is 11.6 Å². The van der Waals surface area contributed by atoms with Crippen LogP contribution in [0.25, 0.3) is 0 Å². The number of carbonyl (C=O) groups excluding carboxylic acids is 1. The van der Waals surface area contributed by atoms with Crippen LogP contribution in [0.3, 0.4) is 0 Å². The van der Waals surface area contributed by atoms with E-state index in [-0.39, 0.29) is 5.91 Å². The zero-order valence-corrected chi connectivity index (χ0v) is 14.3. The van der Waals surface area contributed by atoms with E-state index < -0.39 is 0 Å². The third kappa shape index (κ3) is 4.20. The lowest BCUT2D eigenvalue weighted by Gasteiger charge is -2.22. The van der Waals surface area contributed by atoms with Gasteiger partial charge >= 0.3 is 0 Å². The molecule has 2 fully saturated rings. The van der Waals surface area contributed by atoms with Crippen LogP contribution in [0.15, 0.2) is 36.5 Å². The normalized spacial score (nSPS) is 20.2. The monoisotopic (exact) mass is 340 g/mol. The van der Waals surface area contributed by atoms with Crippen molar-refractivity contribution in [2.75, 3.05) is 25.0 Å². The molecule has 1 saturated carbocycles. The van der Waals surface area contributed by atoms with E-state index in [0.717, 1.165) is 49.9 Å². The van der Waals surface area contributed by atoms with E-state index in [9.17, 15) is 4.79 Å². The molecule has 4 rings (SSSR count). The van der Waals surface area contributed by atoms with Gasteiger partial charge in [0.1, 0.15) is 5.75 Å². The predicted octanol–water partition coefficient (Wildman–Crippen LogP) is 2.85. The fourth-order valence-corrected chi connectivity index (χ4v) is 3.05. The molecule has 2 aromatic rings. The Morgan fingerprint density at radius 2 is 2.08 bits per heavy atom. The van der Waals surface area contributed by atoms with Crippen LogP contribution < -0.4 is 15.4 Å². The van der Waals surface area contributed by atoms with E-state index in [4.69, 9.17) is 4.74 Å². The lowest BCUT2D eigenvalue weighted by Crippen LogP contribution is -2.32. The molecule has 1 atom stereocenters. The van der Waals surface area contributed by atoms with Crippen molar-refractivity contribution in [2.24, 2.45) is 5.92 Å². The maximum atomic E-state index is 12.4. The first kappa shape index (κ1) is 16.1. The smallest absolute Gasteiger partial charge is 0.276 e. The van der Waals surface area contributed by atoms with Gasteiger partial charge in [0, 0.05) is 18.4 Å². The molecule has 0 radical (unpaired) electrons. The average molecular weight is 340 g/mol. The summed E-state index contributed by atoms with van der Waals surface area (Å²) in [6, 6.07) is 9.62. The van der Waals surface area contributed by atoms with Crippen LogP contribution in [0, 0.1) is 5.92 Å². The summed E-state index contributed by atoms with van der Waals surface area (Å²) in [7, 11) is 0. The highest BCUT2D eigenvalue weighted by molar-refractivity contribution is 6.02. The molecule has 25 heavy (non-hydrogen) atoms. The Kier molecular flexibility index (Phi) is 4.70. The summed E-state index contributed by atoms with van der Waals surface area (Å²) in [6.45, 7) is 2.76. The minimum Gasteiger partial charge on any atom is -0.493 e. The molecule has 1 amide bonds. The molecule has 0 spiro atoms. The van der Waals surface area contributed by atoms with Gasteiger partial charge in [-0.15, -0.1) is 0 Å². The second-order valence-electron chi connectivity index (χ2n) is 6.91. The second-order valence-corrected chi connectivity index (χ2v) is 6.91. The van der Waals surface area contributed by atoms with E-state index in [1.807, 2.05) is 35.1 Å². The number of rotatable bonds is 6. The number of hydrogen-bond donors (Lipinski definition) is 2. The minimum absolute atomic E-state index is 0.186. The first-order valence-corrected chi connectivity index (χ1v) is 9.08. The van der Waals surface area contributed by atoms with Crippen molar-refractivity contribution < 1.29 is 9.53 Å². The molecule has 1 unspecified atom stereocenters. The van der Waals surface area contributed by atoms with Crippen molar-refractivity contribution in [3.05, 3.63) is 42.2 Å². The number of carbonyl (C=O) groups is 1. The number of piperidine rings is 1. The minimum atomic E-state index is -0.186. The van der Waals surface area contributed by atoms with Gasteiger partial charge in [0.25, 0.3) is 5.91 Å². The van der Waals surface area contributed by atoms with Gasteiger partial charge in [-0.3, -0.25) is 9.48 Å². The molecular weight excluding hydrogens is 316 g/mol. The van der Waals surface area contributed by atoms with Crippen LogP contribution in [0.4, 0.5) is 5.69 Å². The Hall–Kier alpha value is -2.34. The van der Waals surface area contributed by atoms with E-state index >= 15 is 0 Å². The van der Waals surface area contributed by atoms with Crippen LogP contribution in [0.1, 0.15) is 42.2 Å². The average Bonchev–Trinajstić information content (AvgIpc) is 3.35. The number of nitrogens with one attached hydrogen (secondary N) is 2. The molecule has 1 aliphatic heterocycles. The summed E-state index contributed by atoms with van der Waals surface area (Å²) in [6.07, 6.45) is 6.68. The highest BCUT2D eigenvalue weighted by Gasteiger charge is 2.22. The Bertz CT molecular complexity index is 715. The summed E-state index contributed by atoms with van der Waals surface area (Å²) < 4.78 is 7.61. The summed E-state index contributed by atoms with van der Waals surface area (Å²) in [5.74, 6) is 1.39. The lowest BCUT2D eigenvalue weighted by atomic mass is 10.1. The third-order valence-electron chi connectivity index (χ3n) is 4.78. The molecule has 2 N–H and O–H groups in total. The van der Waals surface area contributed by atoms with Crippen molar-refractivity contribution in [3.8, 4) is 5.75 Å². The van der Waals surface area contributed by atoms with Crippen LogP contribution in [-0.2, 0) is 0 Å². The summed E-state index contributed by atoms with van der Waals surface area (Å²) in [5.41, 5.74) is 1.19. The summed E-state index contributed by atoms with van der Waals surface area (Å²) in [5, 5.41) is 10.7. The Morgan fingerprint density at radius 3 is 2.80 bits per heavy atom. The fourth-order valence-electron chi connectivity index (χ4n) is 3.05. The number of anilines is 1.